The fourth-order valence-corrected chi connectivity index (χ4v) is 2.71. The summed E-state index contributed by atoms with van der Waals surface area (Å²) in [4.78, 5) is 18.7. The second kappa shape index (κ2) is 4.30. The highest BCUT2D eigenvalue weighted by molar-refractivity contribution is 6.32. The molecule has 1 aliphatic rings. The van der Waals surface area contributed by atoms with E-state index in [1.807, 2.05) is 0 Å². The first-order valence-corrected chi connectivity index (χ1v) is 6.19. The van der Waals surface area contributed by atoms with E-state index in [4.69, 9.17) is 23.2 Å². The fraction of sp³-hybridized carbons (Fsp3) is 0.167. The van der Waals surface area contributed by atoms with Gasteiger partial charge in [-0.2, -0.15) is 0 Å². The molecule has 92 valence electrons. The van der Waals surface area contributed by atoms with Gasteiger partial charge < -0.3 is 10.3 Å². The van der Waals surface area contributed by atoms with Crippen LogP contribution in [0.2, 0.25) is 10.3 Å². The number of pyridine rings is 1. The molecular formula is C12H9Cl2N3O. The second-order valence-electron chi connectivity index (χ2n) is 4.11. The number of nitrogens with zero attached hydrogens (tertiary/aromatic N) is 1. The quantitative estimate of drug-likeness (QED) is 0.790. The lowest BCUT2D eigenvalue weighted by Crippen LogP contribution is -2.35. The summed E-state index contributed by atoms with van der Waals surface area (Å²) in [6.45, 7) is 0.517. The molecule has 2 N–H and O–H groups in total. The van der Waals surface area contributed by atoms with Crippen LogP contribution in [0.15, 0.2) is 24.4 Å². The molecule has 3 heterocycles. The summed E-state index contributed by atoms with van der Waals surface area (Å²) in [7, 11) is 0. The lowest BCUT2D eigenvalue weighted by atomic mass is 9.91. The van der Waals surface area contributed by atoms with Crippen molar-refractivity contribution in [2.75, 3.05) is 6.54 Å². The molecule has 18 heavy (non-hydrogen) atoms. The van der Waals surface area contributed by atoms with Gasteiger partial charge in [0.1, 0.15) is 10.3 Å². The van der Waals surface area contributed by atoms with Crippen molar-refractivity contribution in [1.29, 1.82) is 0 Å². The van der Waals surface area contributed by atoms with Crippen molar-refractivity contribution in [2.45, 2.75) is 5.92 Å². The first-order chi connectivity index (χ1) is 8.65. The summed E-state index contributed by atoms with van der Waals surface area (Å²) in [6.07, 6.45) is 1.76. The topological polar surface area (TPSA) is 57.8 Å². The van der Waals surface area contributed by atoms with Gasteiger partial charge in [-0.1, -0.05) is 23.2 Å². The molecule has 1 unspecified atom stereocenters. The highest BCUT2D eigenvalue weighted by Gasteiger charge is 2.27. The number of rotatable bonds is 1. The van der Waals surface area contributed by atoms with Crippen LogP contribution in [-0.2, 0) is 0 Å². The summed E-state index contributed by atoms with van der Waals surface area (Å²) in [6, 6.07) is 5.29. The van der Waals surface area contributed by atoms with Gasteiger partial charge in [0.15, 0.2) is 0 Å². The number of fused-ring (bicyclic) bond motifs is 1. The molecule has 2 aromatic rings. The Balaban J connectivity index is 2.09. The standard InChI is InChI=1S/C12H9Cl2N3O/c13-9-3-6(4-10(14)17-9)8-5-16-12(18)7-1-2-15-11(7)8/h1-4,8,15H,5H2,(H,16,18). The van der Waals surface area contributed by atoms with Crippen molar-refractivity contribution in [1.82, 2.24) is 15.3 Å². The number of hydrogen-bond acceptors (Lipinski definition) is 2. The van der Waals surface area contributed by atoms with E-state index in [2.05, 4.69) is 15.3 Å². The highest BCUT2D eigenvalue weighted by Crippen LogP contribution is 2.31. The second-order valence-corrected chi connectivity index (χ2v) is 4.89. The molecule has 0 radical (unpaired) electrons. The number of aromatic nitrogens is 2. The molecule has 0 saturated heterocycles. The first kappa shape index (κ1) is 11.6. The van der Waals surface area contributed by atoms with E-state index in [1.165, 1.54) is 0 Å². The zero-order valence-electron chi connectivity index (χ0n) is 9.21. The molecule has 0 aliphatic carbocycles. The van der Waals surface area contributed by atoms with E-state index in [-0.39, 0.29) is 11.8 Å². The lowest BCUT2D eigenvalue weighted by molar-refractivity contribution is 0.0942. The number of H-pyrrole nitrogens is 1. The number of nitrogens with one attached hydrogen (secondary N) is 2. The van der Waals surface area contributed by atoms with Crippen LogP contribution < -0.4 is 5.32 Å². The molecule has 0 spiro atoms. The molecule has 6 heteroatoms. The Morgan fingerprint density at radius 1 is 1.28 bits per heavy atom. The van der Waals surface area contributed by atoms with E-state index < -0.39 is 0 Å². The van der Waals surface area contributed by atoms with Gasteiger partial charge in [-0.3, -0.25) is 4.79 Å². The largest absolute Gasteiger partial charge is 0.364 e. The monoisotopic (exact) mass is 281 g/mol. The fourth-order valence-electron chi connectivity index (χ4n) is 2.23. The summed E-state index contributed by atoms with van der Waals surface area (Å²) < 4.78 is 0. The van der Waals surface area contributed by atoms with Gasteiger partial charge in [0.05, 0.1) is 5.56 Å². The predicted molar refractivity (Wildman–Crippen MR) is 69.2 cm³/mol. The van der Waals surface area contributed by atoms with Gasteiger partial charge in [-0.15, -0.1) is 0 Å². The number of aromatic amines is 1. The van der Waals surface area contributed by atoms with Crippen LogP contribution >= 0.6 is 23.2 Å². The molecule has 3 rings (SSSR count). The Morgan fingerprint density at radius 3 is 2.72 bits per heavy atom. The van der Waals surface area contributed by atoms with Crippen LogP contribution in [0.3, 0.4) is 0 Å². The number of carbonyl (C=O) groups excluding carboxylic acids is 1. The molecule has 1 amide bonds. The zero-order chi connectivity index (χ0) is 12.7. The molecule has 0 saturated carbocycles. The van der Waals surface area contributed by atoms with Crippen molar-refractivity contribution in [3.8, 4) is 0 Å². The summed E-state index contributed by atoms with van der Waals surface area (Å²) in [5.74, 6) is -0.0422. The van der Waals surface area contributed by atoms with Gasteiger partial charge in [0, 0.05) is 24.4 Å². The summed E-state index contributed by atoms with van der Waals surface area (Å²) in [5.41, 5.74) is 2.48. The number of halogens is 2. The van der Waals surface area contributed by atoms with Gasteiger partial charge in [-0.05, 0) is 23.8 Å². The van der Waals surface area contributed by atoms with Gasteiger partial charge >= 0.3 is 0 Å². The average molecular weight is 282 g/mol. The van der Waals surface area contributed by atoms with E-state index in [9.17, 15) is 4.79 Å². The van der Waals surface area contributed by atoms with Crippen molar-refractivity contribution >= 4 is 29.1 Å². The molecule has 2 aromatic heterocycles. The first-order valence-electron chi connectivity index (χ1n) is 5.43. The van der Waals surface area contributed by atoms with E-state index >= 15 is 0 Å². The summed E-state index contributed by atoms with van der Waals surface area (Å²) in [5, 5.41) is 3.55. The van der Waals surface area contributed by atoms with Crippen LogP contribution in [0.4, 0.5) is 0 Å². The molecule has 0 fully saturated rings. The van der Waals surface area contributed by atoms with Gasteiger partial charge in [0.2, 0.25) is 0 Å². The SMILES string of the molecule is O=C1NCC(c2cc(Cl)nc(Cl)c2)c2[nH]ccc21. The smallest absolute Gasteiger partial charge is 0.253 e. The Morgan fingerprint density at radius 2 is 2.00 bits per heavy atom. The van der Waals surface area contributed by atoms with Crippen molar-refractivity contribution in [3.05, 3.63) is 51.5 Å². The molecular weight excluding hydrogens is 273 g/mol. The average Bonchev–Trinajstić information content (AvgIpc) is 2.77. The van der Waals surface area contributed by atoms with Gasteiger partial charge in [0.25, 0.3) is 5.91 Å². The summed E-state index contributed by atoms with van der Waals surface area (Å²) >= 11 is 11.8. The molecule has 0 bridgehead atoms. The van der Waals surface area contributed by atoms with Crippen LogP contribution in [-0.4, -0.2) is 22.4 Å². The van der Waals surface area contributed by atoms with Crippen molar-refractivity contribution < 1.29 is 4.79 Å². The van der Waals surface area contributed by atoms with Crippen LogP contribution in [0, 0.1) is 0 Å². The third-order valence-corrected chi connectivity index (χ3v) is 3.41. The van der Waals surface area contributed by atoms with Crippen LogP contribution in [0.1, 0.15) is 27.5 Å². The van der Waals surface area contributed by atoms with E-state index in [0.717, 1.165) is 11.3 Å². The Hall–Kier alpha value is -1.52. The lowest BCUT2D eigenvalue weighted by Gasteiger charge is -2.23. The molecule has 4 nitrogen and oxygen atoms in total. The number of amides is 1. The normalized spacial score (nSPS) is 18.3. The van der Waals surface area contributed by atoms with E-state index in [0.29, 0.717) is 22.4 Å². The maximum absolute atomic E-state index is 11.7. The number of carbonyl (C=O) groups is 1. The molecule has 1 atom stereocenters. The van der Waals surface area contributed by atoms with Crippen LogP contribution in [0.5, 0.6) is 0 Å². The Labute approximate surface area is 113 Å². The maximum Gasteiger partial charge on any atom is 0.253 e. The zero-order valence-corrected chi connectivity index (χ0v) is 10.7. The molecule has 0 aromatic carbocycles. The predicted octanol–water partition coefficient (Wildman–Crippen LogP) is 2.59. The minimum Gasteiger partial charge on any atom is -0.364 e. The minimum atomic E-state index is -0.0613. The maximum atomic E-state index is 11.7. The molecule has 1 aliphatic heterocycles. The van der Waals surface area contributed by atoms with Gasteiger partial charge in [-0.25, -0.2) is 4.98 Å². The van der Waals surface area contributed by atoms with Crippen molar-refractivity contribution in [2.24, 2.45) is 0 Å². The Bertz CT molecular complexity index is 603. The minimum absolute atomic E-state index is 0.0192. The van der Waals surface area contributed by atoms with Crippen LogP contribution in [0.25, 0.3) is 0 Å². The third kappa shape index (κ3) is 1.87. The highest BCUT2D eigenvalue weighted by atomic mass is 35.5. The van der Waals surface area contributed by atoms with E-state index in [1.54, 1.807) is 24.4 Å². The third-order valence-electron chi connectivity index (χ3n) is 3.03. The number of hydrogen-bond donors (Lipinski definition) is 2. The Kier molecular flexibility index (Phi) is 2.76. The van der Waals surface area contributed by atoms with Crippen molar-refractivity contribution in [3.63, 3.8) is 0 Å².